The first-order valence-electron chi connectivity index (χ1n) is 7.38. The summed E-state index contributed by atoms with van der Waals surface area (Å²) in [6.07, 6.45) is 1.66. The molecule has 0 amide bonds. The van der Waals surface area contributed by atoms with Crippen LogP contribution in [0.3, 0.4) is 0 Å². The third-order valence-corrected chi connectivity index (χ3v) is 3.88. The van der Waals surface area contributed by atoms with Gasteiger partial charge in [-0.15, -0.1) is 0 Å². The van der Waals surface area contributed by atoms with Gasteiger partial charge in [0.05, 0.1) is 12.8 Å². The van der Waals surface area contributed by atoms with E-state index in [1.165, 1.54) is 0 Å². The van der Waals surface area contributed by atoms with Crippen molar-refractivity contribution in [1.29, 1.82) is 0 Å². The van der Waals surface area contributed by atoms with Gasteiger partial charge in [-0.1, -0.05) is 41.9 Å². The van der Waals surface area contributed by atoms with Crippen LogP contribution in [0.5, 0.6) is 5.75 Å². The molecule has 0 spiro atoms. The summed E-state index contributed by atoms with van der Waals surface area (Å²) in [6.45, 7) is 2.54. The van der Waals surface area contributed by atoms with Crippen molar-refractivity contribution in [2.45, 2.75) is 6.92 Å². The predicted molar refractivity (Wildman–Crippen MR) is 98.5 cm³/mol. The van der Waals surface area contributed by atoms with Gasteiger partial charge in [-0.05, 0) is 37.3 Å². The summed E-state index contributed by atoms with van der Waals surface area (Å²) in [7, 11) is 0. The monoisotopic (exact) mass is 358 g/mol. The molecular formula is C17H15ClN4OS. The Morgan fingerprint density at radius 1 is 1.29 bits per heavy atom. The number of benzene rings is 2. The van der Waals surface area contributed by atoms with E-state index in [-0.39, 0.29) is 0 Å². The van der Waals surface area contributed by atoms with Gasteiger partial charge < -0.3 is 4.74 Å². The van der Waals surface area contributed by atoms with Crippen LogP contribution in [0.2, 0.25) is 5.02 Å². The molecule has 0 aliphatic rings. The molecule has 1 aromatic heterocycles. The van der Waals surface area contributed by atoms with Gasteiger partial charge in [0.15, 0.2) is 5.82 Å². The Kier molecular flexibility index (Phi) is 5.08. The molecule has 0 atom stereocenters. The highest BCUT2D eigenvalue weighted by Gasteiger charge is 2.09. The van der Waals surface area contributed by atoms with Crippen LogP contribution >= 0.6 is 23.8 Å². The SMILES string of the molecule is CCOc1cccc(-c2n[nH]c(=S)n2/N=C\c2ccccc2Cl)c1. The van der Waals surface area contributed by atoms with Crippen molar-refractivity contribution in [3.05, 3.63) is 63.9 Å². The largest absolute Gasteiger partial charge is 0.494 e. The van der Waals surface area contributed by atoms with Gasteiger partial charge >= 0.3 is 0 Å². The number of rotatable bonds is 5. The molecule has 5 nitrogen and oxygen atoms in total. The number of aromatic nitrogens is 3. The average molecular weight is 359 g/mol. The second-order valence-corrected chi connectivity index (χ2v) is 5.68. The lowest BCUT2D eigenvalue weighted by molar-refractivity contribution is 0.340. The lowest BCUT2D eigenvalue weighted by Crippen LogP contribution is -1.96. The lowest BCUT2D eigenvalue weighted by Gasteiger charge is -2.05. The minimum absolute atomic E-state index is 0.398. The Hall–Kier alpha value is -2.44. The zero-order valence-electron chi connectivity index (χ0n) is 12.9. The van der Waals surface area contributed by atoms with E-state index in [4.69, 9.17) is 28.6 Å². The first kappa shape index (κ1) is 16.4. The number of nitrogens with zero attached hydrogens (tertiary/aromatic N) is 3. The zero-order chi connectivity index (χ0) is 16.9. The number of hydrogen-bond acceptors (Lipinski definition) is 4. The molecule has 0 unspecified atom stereocenters. The number of ether oxygens (including phenoxy) is 1. The first-order chi connectivity index (χ1) is 11.7. The van der Waals surface area contributed by atoms with Crippen LogP contribution in [0.4, 0.5) is 0 Å². The average Bonchev–Trinajstić information content (AvgIpc) is 2.96. The third-order valence-electron chi connectivity index (χ3n) is 3.27. The maximum absolute atomic E-state index is 6.15. The van der Waals surface area contributed by atoms with Crippen LogP contribution in [0.15, 0.2) is 53.6 Å². The molecule has 24 heavy (non-hydrogen) atoms. The third kappa shape index (κ3) is 3.55. The minimum Gasteiger partial charge on any atom is -0.494 e. The summed E-state index contributed by atoms with van der Waals surface area (Å²) in [5.74, 6) is 1.37. The summed E-state index contributed by atoms with van der Waals surface area (Å²) in [6, 6.07) is 15.1. The standard InChI is InChI=1S/C17H15ClN4OS/c1-2-23-14-8-5-7-12(10-14)16-20-21-17(24)22(16)19-11-13-6-3-4-9-15(13)18/h3-11H,2H2,1H3,(H,21,24)/b19-11-. The highest BCUT2D eigenvalue weighted by Crippen LogP contribution is 2.22. The summed E-state index contributed by atoms with van der Waals surface area (Å²) in [5, 5.41) is 12.1. The van der Waals surface area contributed by atoms with Crippen molar-refractivity contribution >= 4 is 30.0 Å². The van der Waals surface area contributed by atoms with Crippen molar-refractivity contribution in [1.82, 2.24) is 14.9 Å². The molecule has 0 bridgehead atoms. The zero-order valence-corrected chi connectivity index (χ0v) is 14.5. The summed E-state index contributed by atoms with van der Waals surface area (Å²) in [4.78, 5) is 0. The van der Waals surface area contributed by atoms with Crippen LogP contribution in [0.25, 0.3) is 11.4 Å². The molecule has 3 aromatic rings. The van der Waals surface area contributed by atoms with Crippen molar-refractivity contribution in [3.63, 3.8) is 0 Å². The van der Waals surface area contributed by atoms with Gasteiger partial charge in [-0.25, -0.2) is 5.10 Å². The quantitative estimate of drug-likeness (QED) is 0.538. The normalized spacial score (nSPS) is 11.1. The number of H-pyrrole nitrogens is 1. The van der Waals surface area contributed by atoms with Crippen molar-refractivity contribution < 1.29 is 4.74 Å². The molecule has 3 rings (SSSR count). The van der Waals surface area contributed by atoms with Crippen LogP contribution in [0, 0.1) is 4.77 Å². The molecule has 1 heterocycles. The highest BCUT2D eigenvalue weighted by atomic mass is 35.5. The second-order valence-electron chi connectivity index (χ2n) is 4.89. The Labute approximate surface area is 149 Å². The maximum Gasteiger partial charge on any atom is 0.216 e. The molecule has 0 fully saturated rings. The summed E-state index contributed by atoms with van der Waals surface area (Å²) < 4.78 is 7.49. The Morgan fingerprint density at radius 2 is 2.12 bits per heavy atom. The molecular weight excluding hydrogens is 344 g/mol. The molecule has 122 valence electrons. The topological polar surface area (TPSA) is 55.2 Å². The van der Waals surface area contributed by atoms with E-state index in [2.05, 4.69) is 15.3 Å². The van der Waals surface area contributed by atoms with Crippen molar-refractivity contribution in [3.8, 4) is 17.1 Å². The van der Waals surface area contributed by atoms with E-state index in [0.717, 1.165) is 16.9 Å². The van der Waals surface area contributed by atoms with Crippen LogP contribution in [0.1, 0.15) is 12.5 Å². The van der Waals surface area contributed by atoms with Gasteiger partial charge in [0, 0.05) is 16.1 Å². The number of halogens is 1. The Morgan fingerprint density at radius 3 is 2.92 bits per heavy atom. The fourth-order valence-corrected chi connectivity index (χ4v) is 2.54. The van der Waals surface area contributed by atoms with Gasteiger partial charge in [-0.2, -0.15) is 14.9 Å². The number of hydrogen-bond donors (Lipinski definition) is 1. The molecule has 0 aliphatic carbocycles. The smallest absolute Gasteiger partial charge is 0.216 e. The van der Waals surface area contributed by atoms with Crippen molar-refractivity contribution in [2.24, 2.45) is 5.10 Å². The van der Waals surface area contributed by atoms with Crippen LogP contribution in [-0.2, 0) is 0 Å². The summed E-state index contributed by atoms with van der Waals surface area (Å²) in [5.41, 5.74) is 1.65. The highest BCUT2D eigenvalue weighted by molar-refractivity contribution is 7.71. The molecule has 1 N–H and O–H groups in total. The Balaban J connectivity index is 1.99. The number of nitrogens with one attached hydrogen (secondary N) is 1. The molecule has 0 radical (unpaired) electrons. The van der Waals surface area contributed by atoms with Crippen molar-refractivity contribution in [2.75, 3.05) is 6.61 Å². The van der Waals surface area contributed by atoms with Gasteiger partial charge in [0.1, 0.15) is 5.75 Å². The maximum atomic E-state index is 6.15. The fraction of sp³-hybridized carbons (Fsp3) is 0.118. The van der Waals surface area contributed by atoms with Gasteiger partial charge in [0.2, 0.25) is 4.77 Å². The Bertz CT molecular complexity index is 932. The van der Waals surface area contributed by atoms with E-state index < -0.39 is 0 Å². The van der Waals surface area contributed by atoms with Crippen LogP contribution < -0.4 is 4.74 Å². The van der Waals surface area contributed by atoms with E-state index in [1.807, 2.05) is 55.5 Å². The molecule has 0 aliphatic heterocycles. The fourth-order valence-electron chi connectivity index (χ4n) is 2.18. The minimum atomic E-state index is 0.398. The predicted octanol–water partition coefficient (Wildman–Crippen LogP) is 4.54. The number of aromatic amines is 1. The van der Waals surface area contributed by atoms with E-state index in [9.17, 15) is 0 Å². The molecule has 0 saturated carbocycles. The lowest BCUT2D eigenvalue weighted by atomic mass is 10.2. The van der Waals surface area contributed by atoms with Crippen LogP contribution in [-0.4, -0.2) is 27.7 Å². The summed E-state index contributed by atoms with van der Waals surface area (Å²) >= 11 is 11.4. The molecule has 2 aromatic carbocycles. The van der Waals surface area contributed by atoms with E-state index >= 15 is 0 Å². The molecule has 7 heteroatoms. The van der Waals surface area contributed by atoms with Gasteiger partial charge in [-0.3, -0.25) is 0 Å². The molecule has 0 saturated heterocycles. The van der Waals surface area contributed by atoms with E-state index in [1.54, 1.807) is 10.9 Å². The second kappa shape index (κ2) is 7.42. The first-order valence-corrected chi connectivity index (χ1v) is 8.17. The van der Waals surface area contributed by atoms with Gasteiger partial charge in [0.25, 0.3) is 0 Å². The van der Waals surface area contributed by atoms with E-state index in [0.29, 0.717) is 22.2 Å².